The Balaban J connectivity index is 0.00000500. The maximum Gasteiger partial charge on any atom is 0.255 e. The molecule has 0 saturated heterocycles. The topological polar surface area (TPSA) is 89.4 Å². The lowest BCUT2D eigenvalue weighted by Crippen LogP contribution is -2.27. The highest BCUT2D eigenvalue weighted by Crippen LogP contribution is 2.20. The predicted octanol–water partition coefficient (Wildman–Crippen LogP) is 7.64. The first-order valence-electron chi connectivity index (χ1n) is 14.8. The predicted molar refractivity (Wildman–Crippen MR) is 197 cm³/mol. The lowest BCUT2D eigenvalue weighted by atomic mass is 10.1. The van der Waals surface area contributed by atoms with Gasteiger partial charge in [-0.1, -0.05) is 36.4 Å². The van der Waals surface area contributed by atoms with E-state index < -0.39 is 0 Å². The van der Waals surface area contributed by atoms with Crippen LogP contribution in [0.25, 0.3) is 0 Å². The zero-order chi connectivity index (χ0) is 32.5. The molecule has 5 aromatic carbocycles. The molecule has 0 saturated carbocycles. The molecule has 47 heavy (non-hydrogen) atoms. The van der Waals surface area contributed by atoms with Gasteiger partial charge in [0.2, 0.25) is 0 Å². The third kappa shape index (κ3) is 8.31. The number of carbonyl (C=O) groups excluding carboxylic acids is 2. The van der Waals surface area contributed by atoms with E-state index in [1.54, 1.807) is 38.4 Å². The molecule has 9 heteroatoms. The van der Waals surface area contributed by atoms with Gasteiger partial charge in [0.05, 0.1) is 0 Å². The van der Waals surface area contributed by atoms with Gasteiger partial charge in [0.1, 0.15) is 11.7 Å². The number of nitrogens with zero attached hydrogens (tertiary/aromatic N) is 4. The van der Waals surface area contributed by atoms with Gasteiger partial charge in [0, 0.05) is 73.2 Å². The van der Waals surface area contributed by atoms with Gasteiger partial charge in [0.15, 0.2) is 0 Å². The van der Waals surface area contributed by atoms with Crippen LogP contribution < -0.4 is 20.4 Å². The molecule has 0 aromatic heterocycles. The molecule has 2 amide bonds. The molecule has 0 aliphatic carbocycles. The Morgan fingerprint density at radius 2 is 0.766 bits per heavy atom. The number of anilines is 4. The van der Waals surface area contributed by atoms with Gasteiger partial charge in [-0.05, 0) is 97.1 Å². The average molecular weight is 645 g/mol. The number of hydrogen-bond donors (Lipinski definition) is 2. The summed E-state index contributed by atoms with van der Waals surface area (Å²) in [4.78, 5) is 38.9. The zero-order valence-corrected chi connectivity index (χ0v) is 27.5. The van der Waals surface area contributed by atoms with Crippen LogP contribution >= 0.6 is 12.4 Å². The molecule has 0 heterocycles. The van der Waals surface area contributed by atoms with E-state index in [1.165, 1.54) is 0 Å². The van der Waals surface area contributed by atoms with E-state index in [2.05, 4.69) is 20.6 Å². The third-order valence-electron chi connectivity index (χ3n) is 7.56. The number of aliphatic imine (C=N–C) groups is 2. The fourth-order valence-corrected chi connectivity index (χ4v) is 5.08. The highest BCUT2D eigenvalue weighted by atomic mass is 35.5. The molecular formula is C38H37ClN6O2. The number of amidine groups is 2. The van der Waals surface area contributed by atoms with Crippen molar-refractivity contribution in [2.75, 3.05) is 48.6 Å². The molecule has 8 nitrogen and oxygen atoms in total. The molecular weight excluding hydrogens is 608 g/mol. The van der Waals surface area contributed by atoms with E-state index in [0.717, 1.165) is 34.2 Å². The Morgan fingerprint density at radius 3 is 1.06 bits per heavy atom. The van der Waals surface area contributed by atoms with Gasteiger partial charge >= 0.3 is 0 Å². The standard InChI is InChI=1S/C38H36N6O2.ClH/c1-39-35(43(3)33-11-7-5-8-12-33)27-19-23-31(24-20-27)41-37(45)29-15-17-30(18-16-29)38(46)42-32-25-21-28(22-26-32)36(40-2)44(4)34-13-9-6-10-14-34;/h5-26H,1-4H3,(H,41,45)(H,42,46);1H. The van der Waals surface area contributed by atoms with E-state index in [1.807, 2.05) is 133 Å². The average Bonchev–Trinajstić information content (AvgIpc) is 3.11. The monoisotopic (exact) mass is 644 g/mol. The lowest BCUT2D eigenvalue weighted by molar-refractivity contribution is 0.101. The molecule has 0 atom stereocenters. The van der Waals surface area contributed by atoms with Gasteiger partial charge in [-0.15, -0.1) is 12.4 Å². The zero-order valence-electron chi connectivity index (χ0n) is 26.7. The highest BCUT2D eigenvalue weighted by Gasteiger charge is 2.14. The van der Waals surface area contributed by atoms with E-state index in [9.17, 15) is 9.59 Å². The van der Waals surface area contributed by atoms with Gasteiger partial charge in [0.25, 0.3) is 11.8 Å². The van der Waals surface area contributed by atoms with Crippen molar-refractivity contribution in [3.63, 3.8) is 0 Å². The summed E-state index contributed by atoms with van der Waals surface area (Å²) >= 11 is 0. The number of rotatable bonds is 8. The second kappa shape index (κ2) is 16.0. The summed E-state index contributed by atoms with van der Waals surface area (Å²) < 4.78 is 0. The van der Waals surface area contributed by atoms with Crippen molar-refractivity contribution in [3.8, 4) is 0 Å². The van der Waals surface area contributed by atoms with Crippen LogP contribution in [0.3, 0.4) is 0 Å². The number of benzene rings is 5. The van der Waals surface area contributed by atoms with Crippen LogP contribution in [0, 0.1) is 0 Å². The number of carbonyl (C=O) groups is 2. The molecule has 0 bridgehead atoms. The summed E-state index contributed by atoms with van der Waals surface area (Å²) in [5.41, 5.74) is 6.10. The van der Waals surface area contributed by atoms with Gasteiger partial charge in [-0.3, -0.25) is 19.6 Å². The van der Waals surface area contributed by atoms with Crippen LogP contribution in [0.4, 0.5) is 22.7 Å². The van der Waals surface area contributed by atoms with Crippen molar-refractivity contribution in [1.29, 1.82) is 0 Å². The fourth-order valence-electron chi connectivity index (χ4n) is 5.08. The SMILES string of the molecule is CN=C(c1ccc(NC(=O)c2ccc(C(=O)Nc3ccc(C(=NC)N(C)c4ccccc4)cc3)cc2)cc1)N(C)c1ccccc1.Cl. The Labute approximate surface area is 281 Å². The van der Waals surface area contributed by atoms with E-state index in [-0.39, 0.29) is 24.2 Å². The Bertz CT molecular complexity index is 1700. The van der Waals surface area contributed by atoms with Crippen molar-refractivity contribution in [2.24, 2.45) is 9.98 Å². The highest BCUT2D eigenvalue weighted by molar-refractivity contribution is 6.11. The van der Waals surface area contributed by atoms with Gasteiger partial charge in [-0.25, -0.2) is 0 Å². The maximum atomic E-state index is 12.9. The van der Waals surface area contributed by atoms with E-state index in [4.69, 9.17) is 0 Å². The van der Waals surface area contributed by atoms with E-state index in [0.29, 0.717) is 22.5 Å². The maximum absolute atomic E-state index is 12.9. The first-order chi connectivity index (χ1) is 22.4. The Morgan fingerprint density at radius 1 is 0.468 bits per heavy atom. The first kappa shape index (κ1) is 34.1. The summed E-state index contributed by atoms with van der Waals surface area (Å²) in [6.45, 7) is 0. The Kier molecular flexibility index (Phi) is 11.6. The summed E-state index contributed by atoms with van der Waals surface area (Å²) in [5, 5.41) is 5.85. The van der Waals surface area contributed by atoms with Crippen LogP contribution in [-0.4, -0.2) is 51.7 Å². The van der Waals surface area contributed by atoms with Gasteiger partial charge in [-0.2, -0.15) is 0 Å². The van der Waals surface area contributed by atoms with Crippen LogP contribution in [0.15, 0.2) is 143 Å². The van der Waals surface area contributed by atoms with Crippen LogP contribution in [-0.2, 0) is 0 Å². The largest absolute Gasteiger partial charge is 0.329 e. The summed E-state index contributed by atoms with van der Waals surface area (Å²) in [6.07, 6.45) is 0. The third-order valence-corrected chi connectivity index (χ3v) is 7.56. The van der Waals surface area contributed by atoms with Crippen LogP contribution in [0.1, 0.15) is 31.8 Å². The van der Waals surface area contributed by atoms with Crippen molar-refractivity contribution >= 4 is 58.6 Å². The van der Waals surface area contributed by atoms with Crippen LogP contribution in [0.5, 0.6) is 0 Å². The minimum absolute atomic E-state index is 0. The summed E-state index contributed by atoms with van der Waals surface area (Å²) in [5.74, 6) is 1.08. The Hall–Kier alpha value is -5.73. The van der Waals surface area contributed by atoms with Crippen LogP contribution in [0.2, 0.25) is 0 Å². The van der Waals surface area contributed by atoms with Crippen molar-refractivity contribution in [3.05, 3.63) is 156 Å². The molecule has 0 unspecified atom stereocenters. The minimum Gasteiger partial charge on any atom is -0.329 e. The summed E-state index contributed by atoms with van der Waals surface area (Å²) in [6, 6.07) is 41.6. The van der Waals surface area contributed by atoms with Gasteiger partial charge < -0.3 is 20.4 Å². The fraction of sp³-hybridized carbons (Fsp3) is 0.105. The molecule has 238 valence electrons. The lowest BCUT2D eigenvalue weighted by Gasteiger charge is -2.21. The normalized spacial score (nSPS) is 11.2. The number of amides is 2. The van der Waals surface area contributed by atoms with Crippen molar-refractivity contribution in [1.82, 2.24) is 0 Å². The molecule has 0 spiro atoms. The second-order valence-electron chi connectivity index (χ2n) is 10.5. The van der Waals surface area contributed by atoms with Crippen molar-refractivity contribution in [2.45, 2.75) is 0 Å². The molecule has 0 fully saturated rings. The second-order valence-corrected chi connectivity index (χ2v) is 10.5. The smallest absolute Gasteiger partial charge is 0.255 e. The molecule has 5 aromatic rings. The molecule has 0 aliphatic rings. The minimum atomic E-state index is -0.269. The molecule has 5 rings (SSSR count). The number of hydrogen-bond acceptors (Lipinski definition) is 4. The van der Waals surface area contributed by atoms with E-state index >= 15 is 0 Å². The van der Waals surface area contributed by atoms with Crippen molar-refractivity contribution < 1.29 is 9.59 Å². The quantitative estimate of drug-likeness (QED) is 0.134. The number of para-hydroxylation sites is 2. The molecule has 0 aliphatic heterocycles. The number of halogens is 1. The molecule has 2 N–H and O–H groups in total. The number of nitrogens with one attached hydrogen (secondary N) is 2. The summed E-state index contributed by atoms with van der Waals surface area (Å²) in [7, 11) is 7.46. The molecule has 0 radical (unpaired) electrons. The first-order valence-corrected chi connectivity index (χ1v) is 14.8.